The molecule has 1 N–H and O–H groups in total. The molecule has 2 aromatic carbocycles. The highest BCUT2D eigenvalue weighted by molar-refractivity contribution is 6.07. The number of pyridine rings is 1. The van der Waals surface area contributed by atoms with E-state index in [9.17, 15) is 4.79 Å². The molecule has 4 nitrogen and oxygen atoms in total. The molecule has 0 aliphatic carbocycles. The molecule has 0 spiro atoms. The molecule has 0 atom stereocenters. The van der Waals surface area contributed by atoms with Crippen molar-refractivity contribution >= 4 is 16.8 Å². The number of benzene rings is 2. The van der Waals surface area contributed by atoms with Gasteiger partial charge in [-0.1, -0.05) is 24.3 Å². The minimum Gasteiger partial charge on any atom is -0.494 e. The molecule has 3 rings (SSSR count). The van der Waals surface area contributed by atoms with Gasteiger partial charge >= 0.3 is 0 Å². The number of ether oxygens (including phenoxy) is 1. The first-order chi connectivity index (χ1) is 12.2. The van der Waals surface area contributed by atoms with Crippen LogP contribution < -0.4 is 10.1 Å². The van der Waals surface area contributed by atoms with E-state index in [0.29, 0.717) is 18.7 Å². The van der Waals surface area contributed by atoms with Crippen molar-refractivity contribution < 1.29 is 9.53 Å². The lowest BCUT2D eigenvalue weighted by molar-refractivity contribution is 0.0959. The standard InChI is InChI=1S/C21H20N2O2/c1-3-13-22-21(24)18-14-20(23-19-8-6-5-7-17(18)19)15-9-11-16(12-10-15)25-4-2/h3,5-12,14H,1,4,13H2,2H3,(H,22,24). The Morgan fingerprint density at radius 1 is 1.20 bits per heavy atom. The van der Waals surface area contributed by atoms with E-state index >= 15 is 0 Å². The number of carbonyl (C=O) groups is 1. The second-order valence-electron chi connectivity index (χ2n) is 5.53. The minimum atomic E-state index is -0.134. The Bertz CT molecular complexity index is 901. The van der Waals surface area contributed by atoms with Crippen LogP contribution in [0.1, 0.15) is 17.3 Å². The van der Waals surface area contributed by atoms with Gasteiger partial charge in [0.15, 0.2) is 0 Å². The number of nitrogens with one attached hydrogen (secondary N) is 1. The molecule has 126 valence electrons. The SMILES string of the molecule is C=CCNC(=O)c1cc(-c2ccc(OCC)cc2)nc2ccccc12. The van der Waals surface area contributed by atoms with Crippen molar-refractivity contribution in [3.63, 3.8) is 0 Å². The second kappa shape index (κ2) is 7.62. The lowest BCUT2D eigenvalue weighted by Crippen LogP contribution is -2.23. The van der Waals surface area contributed by atoms with Crippen LogP contribution in [0.15, 0.2) is 67.3 Å². The molecule has 0 fully saturated rings. The molecule has 0 saturated heterocycles. The van der Waals surface area contributed by atoms with Crippen LogP contribution in [0.4, 0.5) is 0 Å². The van der Waals surface area contributed by atoms with Crippen LogP contribution in [-0.2, 0) is 0 Å². The van der Waals surface area contributed by atoms with E-state index < -0.39 is 0 Å². The molecule has 0 aliphatic rings. The van der Waals surface area contributed by atoms with Crippen LogP contribution in [0.3, 0.4) is 0 Å². The first kappa shape index (κ1) is 16.7. The van der Waals surface area contributed by atoms with Gasteiger partial charge in [0.1, 0.15) is 5.75 Å². The van der Waals surface area contributed by atoms with E-state index in [4.69, 9.17) is 9.72 Å². The van der Waals surface area contributed by atoms with Crippen molar-refractivity contribution in [2.45, 2.75) is 6.92 Å². The van der Waals surface area contributed by atoms with E-state index in [1.165, 1.54) is 0 Å². The highest BCUT2D eigenvalue weighted by atomic mass is 16.5. The van der Waals surface area contributed by atoms with Gasteiger partial charge < -0.3 is 10.1 Å². The fraction of sp³-hybridized carbons (Fsp3) is 0.143. The number of fused-ring (bicyclic) bond motifs is 1. The molecular weight excluding hydrogens is 312 g/mol. The van der Waals surface area contributed by atoms with Crippen LogP contribution in [-0.4, -0.2) is 24.0 Å². The fourth-order valence-corrected chi connectivity index (χ4v) is 2.66. The molecule has 0 aliphatic heterocycles. The zero-order valence-corrected chi connectivity index (χ0v) is 14.2. The molecule has 1 amide bonds. The van der Waals surface area contributed by atoms with Crippen molar-refractivity contribution in [1.29, 1.82) is 0 Å². The highest BCUT2D eigenvalue weighted by Crippen LogP contribution is 2.26. The molecule has 0 bridgehead atoms. The zero-order valence-electron chi connectivity index (χ0n) is 14.2. The van der Waals surface area contributed by atoms with Gasteiger partial charge in [0.05, 0.1) is 23.4 Å². The molecule has 3 aromatic rings. The first-order valence-electron chi connectivity index (χ1n) is 8.25. The summed E-state index contributed by atoms with van der Waals surface area (Å²) in [5.41, 5.74) is 3.09. The molecule has 1 heterocycles. The summed E-state index contributed by atoms with van der Waals surface area (Å²) in [5.74, 6) is 0.682. The minimum absolute atomic E-state index is 0.134. The van der Waals surface area contributed by atoms with Gasteiger partial charge in [-0.2, -0.15) is 0 Å². The van der Waals surface area contributed by atoms with Crippen LogP contribution >= 0.6 is 0 Å². The van der Waals surface area contributed by atoms with Gasteiger partial charge in [-0.25, -0.2) is 4.98 Å². The van der Waals surface area contributed by atoms with E-state index in [1.54, 1.807) is 6.08 Å². The topological polar surface area (TPSA) is 51.2 Å². The van der Waals surface area contributed by atoms with Gasteiger partial charge in [-0.05, 0) is 43.3 Å². The summed E-state index contributed by atoms with van der Waals surface area (Å²) in [6.07, 6.45) is 1.66. The highest BCUT2D eigenvalue weighted by Gasteiger charge is 2.13. The maximum absolute atomic E-state index is 12.5. The summed E-state index contributed by atoms with van der Waals surface area (Å²) in [7, 11) is 0. The lowest BCUT2D eigenvalue weighted by atomic mass is 10.0. The quantitative estimate of drug-likeness (QED) is 0.688. The number of aromatic nitrogens is 1. The van der Waals surface area contributed by atoms with Crippen molar-refractivity contribution in [3.8, 4) is 17.0 Å². The molecule has 0 radical (unpaired) electrons. The number of rotatable bonds is 6. The van der Waals surface area contributed by atoms with Gasteiger partial charge in [-0.15, -0.1) is 6.58 Å². The average molecular weight is 332 g/mol. The van der Waals surface area contributed by atoms with E-state index in [-0.39, 0.29) is 5.91 Å². The third-order valence-corrected chi connectivity index (χ3v) is 3.83. The van der Waals surface area contributed by atoms with Gasteiger partial charge in [0.25, 0.3) is 5.91 Å². The Balaban J connectivity index is 2.06. The Morgan fingerprint density at radius 3 is 2.68 bits per heavy atom. The van der Waals surface area contributed by atoms with Crippen LogP contribution in [0.5, 0.6) is 5.75 Å². The summed E-state index contributed by atoms with van der Waals surface area (Å²) in [6.45, 7) is 6.64. The summed E-state index contributed by atoms with van der Waals surface area (Å²) in [5, 5.41) is 3.67. The Labute approximate surface area is 147 Å². The summed E-state index contributed by atoms with van der Waals surface area (Å²) >= 11 is 0. The maximum Gasteiger partial charge on any atom is 0.252 e. The average Bonchev–Trinajstić information content (AvgIpc) is 2.66. The Kier molecular flexibility index (Phi) is 5.09. The lowest BCUT2D eigenvalue weighted by Gasteiger charge is -2.10. The molecule has 25 heavy (non-hydrogen) atoms. The number of amides is 1. The summed E-state index contributed by atoms with van der Waals surface area (Å²) in [6, 6.07) is 17.2. The number of nitrogens with zero attached hydrogens (tertiary/aromatic N) is 1. The molecule has 4 heteroatoms. The number of hydrogen-bond donors (Lipinski definition) is 1. The smallest absolute Gasteiger partial charge is 0.252 e. The fourth-order valence-electron chi connectivity index (χ4n) is 2.66. The Hall–Kier alpha value is -3.14. The normalized spacial score (nSPS) is 10.4. The van der Waals surface area contributed by atoms with Crippen molar-refractivity contribution in [2.24, 2.45) is 0 Å². The van der Waals surface area contributed by atoms with Gasteiger partial charge in [0.2, 0.25) is 0 Å². The van der Waals surface area contributed by atoms with Crippen LogP contribution in [0.2, 0.25) is 0 Å². The van der Waals surface area contributed by atoms with Crippen molar-refractivity contribution in [3.05, 3.63) is 72.8 Å². The third kappa shape index (κ3) is 3.69. The largest absolute Gasteiger partial charge is 0.494 e. The van der Waals surface area contributed by atoms with Crippen LogP contribution in [0.25, 0.3) is 22.2 Å². The number of carbonyl (C=O) groups excluding carboxylic acids is 1. The molecule has 0 unspecified atom stereocenters. The third-order valence-electron chi connectivity index (χ3n) is 3.83. The van der Waals surface area contributed by atoms with Crippen LogP contribution in [0, 0.1) is 0 Å². The molecule has 0 saturated carbocycles. The predicted octanol–water partition coefficient (Wildman–Crippen LogP) is 4.22. The first-order valence-corrected chi connectivity index (χ1v) is 8.25. The summed E-state index contributed by atoms with van der Waals surface area (Å²) in [4.78, 5) is 17.2. The van der Waals surface area contributed by atoms with Crippen molar-refractivity contribution in [2.75, 3.05) is 13.2 Å². The summed E-state index contributed by atoms with van der Waals surface area (Å²) < 4.78 is 5.48. The number of hydrogen-bond acceptors (Lipinski definition) is 3. The maximum atomic E-state index is 12.5. The number of para-hydroxylation sites is 1. The van der Waals surface area contributed by atoms with Gasteiger partial charge in [0, 0.05) is 17.5 Å². The zero-order chi connectivity index (χ0) is 17.6. The Morgan fingerprint density at radius 2 is 1.96 bits per heavy atom. The monoisotopic (exact) mass is 332 g/mol. The van der Waals surface area contributed by atoms with Crippen molar-refractivity contribution in [1.82, 2.24) is 10.3 Å². The van der Waals surface area contributed by atoms with E-state index in [0.717, 1.165) is 27.9 Å². The van der Waals surface area contributed by atoms with Gasteiger partial charge in [-0.3, -0.25) is 4.79 Å². The molecular formula is C21H20N2O2. The second-order valence-corrected chi connectivity index (χ2v) is 5.53. The predicted molar refractivity (Wildman–Crippen MR) is 101 cm³/mol. The van der Waals surface area contributed by atoms with E-state index in [1.807, 2.05) is 61.5 Å². The molecule has 1 aromatic heterocycles. The van der Waals surface area contributed by atoms with E-state index in [2.05, 4.69) is 11.9 Å².